The molecule has 2 aromatic heterocycles. The maximum atomic E-state index is 5.66. The summed E-state index contributed by atoms with van der Waals surface area (Å²) in [6, 6.07) is 6.32. The fourth-order valence-electron chi connectivity index (χ4n) is 2.19. The van der Waals surface area contributed by atoms with E-state index in [9.17, 15) is 0 Å². The van der Waals surface area contributed by atoms with Crippen LogP contribution in [0, 0.1) is 13.8 Å². The molecule has 0 saturated carbocycles. The number of imidazole rings is 1. The van der Waals surface area contributed by atoms with Crippen LogP contribution in [0.5, 0.6) is 0 Å². The van der Waals surface area contributed by atoms with Crippen LogP contribution in [0.25, 0.3) is 16.7 Å². The minimum atomic E-state index is 0.492. The Morgan fingerprint density at radius 2 is 1.89 bits per heavy atom. The van der Waals surface area contributed by atoms with Crippen LogP contribution in [0.15, 0.2) is 36.9 Å². The smallest absolute Gasteiger partial charge is 0.100 e. The van der Waals surface area contributed by atoms with E-state index in [-0.39, 0.29) is 0 Å². The summed E-state index contributed by atoms with van der Waals surface area (Å²) in [7, 11) is 0. The third-order valence-corrected chi connectivity index (χ3v) is 3.46. The lowest BCUT2D eigenvalue weighted by Gasteiger charge is -2.07. The number of nitrogens with two attached hydrogens (primary N) is 1. The summed E-state index contributed by atoms with van der Waals surface area (Å²) in [4.78, 5) is 8.69. The molecule has 3 rings (SSSR count). The minimum Gasteiger partial charge on any atom is -0.326 e. The van der Waals surface area contributed by atoms with Crippen molar-refractivity contribution in [2.75, 3.05) is 0 Å². The summed E-state index contributed by atoms with van der Waals surface area (Å²) in [5.74, 6) is 0. The van der Waals surface area contributed by atoms with Gasteiger partial charge in [-0.2, -0.15) is 0 Å². The van der Waals surface area contributed by atoms with E-state index < -0.39 is 0 Å². The Morgan fingerprint density at radius 3 is 2.68 bits per heavy atom. The first-order valence-corrected chi connectivity index (χ1v) is 6.27. The SMILES string of the molecule is Cc1cc2ncn(-c3cncc(CN)c3)c2cc1C. The van der Waals surface area contributed by atoms with Crippen molar-refractivity contribution in [2.45, 2.75) is 20.4 Å². The lowest BCUT2D eigenvalue weighted by Crippen LogP contribution is -2.00. The lowest BCUT2D eigenvalue weighted by molar-refractivity contribution is 1.01. The predicted octanol–water partition coefficient (Wildman–Crippen LogP) is 2.50. The molecule has 0 unspecified atom stereocenters. The Hall–Kier alpha value is -2.20. The Labute approximate surface area is 111 Å². The number of fused-ring (bicyclic) bond motifs is 1. The second-order valence-electron chi connectivity index (χ2n) is 4.80. The molecular weight excluding hydrogens is 236 g/mol. The van der Waals surface area contributed by atoms with Crippen LogP contribution in [0.1, 0.15) is 16.7 Å². The van der Waals surface area contributed by atoms with Gasteiger partial charge in [0.15, 0.2) is 0 Å². The van der Waals surface area contributed by atoms with Crippen molar-refractivity contribution in [3.63, 3.8) is 0 Å². The first-order valence-electron chi connectivity index (χ1n) is 6.27. The van der Waals surface area contributed by atoms with E-state index >= 15 is 0 Å². The van der Waals surface area contributed by atoms with Crippen LogP contribution in [0.4, 0.5) is 0 Å². The van der Waals surface area contributed by atoms with Gasteiger partial charge in [-0.05, 0) is 48.7 Å². The molecule has 0 fully saturated rings. The van der Waals surface area contributed by atoms with Crippen LogP contribution in [0.2, 0.25) is 0 Å². The molecule has 4 nitrogen and oxygen atoms in total. The highest BCUT2D eigenvalue weighted by atomic mass is 15.1. The molecular formula is C15H16N4. The van der Waals surface area contributed by atoms with E-state index in [4.69, 9.17) is 5.73 Å². The topological polar surface area (TPSA) is 56.7 Å². The monoisotopic (exact) mass is 252 g/mol. The van der Waals surface area contributed by atoms with Crippen molar-refractivity contribution in [1.82, 2.24) is 14.5 Å². The Balaban J connectivity index is 2.22. The highest BCUT2D eigenvalue weighted by Gasteiger charge is 2.07. The van der Waals surface area contributed by atoms with Gasteiger partial charge < -0.3 is 5.73 Å². The van der Waals surface area contributed by atoms with Crippen molar-refractivity contribution < 1.29 is 0 Å². The second kappa shape index (κ2) is 4.48. The van der Waals surface area contributed by atoms with E-state index in [0.29, 0.717) is 6.54 Å². The highest BCUT2D eigenvalue weighted by Crippen LogP contribution is 2.21. The molecule has 0 spiro atoms. The van der Waals surface area contributed by atoms with Gasteiger partial charge >= 0.3 is 0 Å². The van der Waals surface area contributed by atoms with Gasteiger partial charge in [-0.15, -0.1) is 0 Å². The fraction of sp³-hybridized carbons (Fsp3) is 0.200. The zero-order valence-electron chi connectivity index (χ0n) is 11.1. The van der Waals surface area contributed by atoms with E-state index in [1.165, 1.54) is 11.1 Å². The van der Waals surface area contributed by atoms with Crippen LogP contribution in [-0.4, -0.2) is 14.5 Å². The third kappa shape index (κ3) is 2.00. The molecule has 0 bridgehead atoms. The maximum Gasteiger partial charge on any atom is 0.100 e. The summed E-state index contributed by atoms with van der Waals surface area (Å²) in [5.41, 5.74) is 12.3. The quantitative estimate of drug-likeness (QED) is 0.762. The molecule has 0 saturated heterocycles. The van der Waals surface area contributed by atoms with Crippen molar-refractivity contribution in [2.24, 2.45) is 5.73 Å². The first kappa shape index (κ1) is 11.9. The Morgan fingerprint density at radius 1 is 1.11 bits per heavy atom. The van der Waals surface area contributed by atoms with Gasteiger partial charge in [0.25, 0.3) is 0 Å². The molecule has 0 aliphatic rings. The van der Waals surface area contributed by atoms with Crippen molar-refractivity contribution in [3.05, 3.63) is 53.6 Å². The number of aromatic nitrogens is 3. The van der Waals surface area contributed by atoms with Crippen LogP contribution < -0.4 is 5.73 Å². The molecule has 19 heavy (non-hydrogen) atoms. The molecule has 2 heterocycles. The number of rotatable bonds is 2. The number of pyridine rings is 1. The van der Waals surface area contributed by atoms with Gasteiger partial charge in [-0.25, -0.2) is 4.98 Å². The zero-order valence-corrected chi connectivity index (χ0v) is 11.1. The average molecular weight is 252 g/mol. The van der Waals surface area contributed by atoms with Crippen molar-refractivity contribution >= 4 is 11.0 Å². The standard InChI is InChI=1S/C15H16N4/c1-10-3-14-15(4-11(10)2)19(9-18-14)13-5-12(6-16)7-17-8-13/h3-5,7-9H,6,16H2,1-2H3. The number of aryl methyl sites for hydroxylation is 2. The number of nitrogens with zero attached hydrogens (tertiary/aromatic N) is 3. The first-order chi connectivity index (χ1) is 9.19. The predicted molar refractivity (Wildman–Crippen MR) is 76.2 cm³/mol. The van der Waals surface area contributed by atoms with Gasteiger partial charge in [0, 0.05) is 12.7 Å². The zero-order chi connectivity index (χ0) is 13.4. The largest absolute Gasteiger partial charge is 0.326 e. The minimum absolute atomic E-state index is 0.492. The van der Waals surface area contributed by atoms with E-state index in [1.807, 2.05) is 23.2 Å². The molecule has 0 amide bonds. The van der Waals surface area contributed by atoms with Crippen LogP contribution >= 0.6 is 0 Å². The summed E-state index contributed by atoms with van der Waals surface area (Å²) < 4.78 is 2.05. The maximum absolute atomic E-state index is 5.66. The van der Waals surface area contributed by atoms with Gasteiger partial charge in [-0.3, -0.25) is 9.55 Å². The number of benzene rings is 1. The number of hydrogen-bond donors (Lipinski definition) is 1. The molecule has 0 aliphatic heterocycles. The van der Waals surface area contributed by atoms with Crippen LogP contribution in [-0.2, 0) is 6.54 Å². The summed E-state index contributed by atoms with van der Waals surface area (Å²) in [5, 5.41) is 0. The molecule has 0 atom stereocenters. The lowest BCUT2D eigenvalue weighted by atomic mass is 10.1. The van der Waals surface area contributed by atoms with Crippen molar-refractivity contribution in [3.8, 4) is 5.69 Å². The van der Waals surface area contributed by atoms with Gasteiger partial charge in [0.2, 0.25) is 0 Å². The summed E-state index contributed by atoms with van der Waals surface area (Å²) >= 11 is 0. The van der Waals surface area contributed by atoms with E-state index in [2.05, 4.69) is 35.9 Å². The van der Waals surface area contributed by atoms with Crippen molar-refractivity contribution in [1.29, 1.82) is 0 Å². The highest BCUT2D eigenvalue weighted by molar-refractivity contribution is 5.79. The van der Waals surface area contributed by atoms with Crippen LogP contribution in [0.3, 0.4) is 0 Å². The molecule has 1 aromatic carbocycles. The summed E-state index contributed by atoms with van der Waals surface area (Å²) in [6.45, 7) is 4.71. The fourth-order valence-corrected chi connectivity index (χ4v) is 2.19. The molecule has 0 radical (unpaired) electrons. The normalized spacial score (nSPS) is 11.1. The molecule has 96 valence electrons. The Bertz CT molecular complexity index is 743. The number of hydrogen-bond acceptors (Lipinski definition) is 3. The molecule has 0 aliphatic carbocycles. The van der Waals surface area contributed by atoms with Gasteiger partial charge in [0.05, 0.1) is 22.9 Å². The molecule has 4 heteroatoms. The van der Waals surface area contributed by atoms with E-state index in [1.54, 1.807) is 6.20 Å². The summed E-state index contributed by atoms with van der Waals surface area (Å²) in [6.07, 6.45) is 5.45. The van der Waals surface area contributed by atoms with Gasteiger partial charge in [-0.1, -0.05) is 0 Å². The third-order valence-electron chi connectivity index (χ3n) is 3.46. The average Bonchev–Trinajstić information content (AvgIpc) is 2.82. The molecule has 2 N–H and O–H groups in total. The van der Waals surface area contributed by atoms with E-state index in [0.717, 1.165) is 22.3 Å². The van der Waals surface area contributed by atoms with Gasteiger partial charge in [0.1, 0.15) is 6.33 Å². The Kier molecular flexibility index (Phi) is 2.80. The molecule has 3 aromatic rings. The second-order valence-corrected chi connectivity index (χ2v) is 4.80.